The Kier molecular flexibility index (Phi) is 5.34. The molecule has 0 saturated carbocycles. The quantitative estimate of drug-likeness (QED) is 0.684. The zero-order valence-corrected chi connectivity index (χ0v) is 14.8. The van der Waals surface area contributed by atoms with E-state index in [4.69, 9.17) is 9.15 Å². The summed E-state index contributed by atoms with van der Waals surface area (Å²) in [7, 11) is -3.85. The summed E-state index contributed by atoms with van der Waals surface area (Å²) in [4.78, 5) is 4.10. The van der Waals surface area contributed by atoms with Crippen LogP contribution in [0.15, 0.2) is 64.4 Å². The van der Waals surface area contributed by atoms with Gasteiger partial charge in [0.25, 0.3) is 0 Å². The van der Waals surface area contributed by atoms with Crippen LogP contribution in [0.1, 0.15) is 12.5 Å². The van der Waals surface area contributed by atoms with E-state index in [0.29, 0.717) is 12.2 Å². The molecule has 2 aromatic heterocycles. The highest BCUT2D eigenvalue weighted by Crippen LogP contribution is 2.21. The summed E-state index contributed by atoms with van der Waals surface area (Å²) in [6, 6.07) is 8.85. The number of nitrogens with one attached hydrogen (secondary N) is 1. The van der Waals surface area contributed by atoms with Gasteiger partial charge in [0.15, 0.2) is 11.6 Å². The van der Waals surface area contributed by atoms with Crippen molar-refractivity contribution in [3.8, 4) is 17.0 Å². The lowest BCUT2D eigenvalue weighted by atomic mass is 10.2. The van der Waals surface area contributed by atoms with Crippen LogP contribution < -0.4 is 9.46 Å². The molecule has 0 unspecified atom stereocenters. The number of halogens is 1. The van der Waals surface area contributed by atoms with E-state index in [1.807, 2.05) is 0 Å². The molecule has 0 aliphatic heterocycles. The van der Waals surface area contributed by atoms with Crippen LogP contribution in [0, 0.1) is 5.82 Å². The molecule has 8 heteroatoms. The standard InChI is InChI=1S/C18H17FN2O4S/c1-2-25-18-6-4-15(9-16(18)19)26(22,23)21-11-13-3-5-17(20-10-13)14-7-8-24-12-14/h3-10,12,21H,2,11H2,1H3. The first-order chi connectivity index (χ1) is 12.5. The van der Waals surface area contributed by atoms with Crippen LogP contribution in [0.4, 0.5) is 4.39 Å². The Balaban J connectivity index is 1.69. The summed E-state index contributed by atoms with van der Waals surface area (Å²) < 4.78 is 51.0. The fourth-order valence-corrected chi connectivity index (χ4v) is 3.32. The van der Waals surface area contributed by atoms with Gasteiger partial charge in [0.2, 0.25) is 10.0 Å². The van der Waals surface area contributed by atoms with Crippen molar-refractivity contribution < 1.29 is 22.0 Å². The monoisotopic (exact) mass is 376 g/mol. The third-order valence-corrected chi connectivity index (χ3v) is 5.02. The fraction of sp³-hybridized carbons (Fsp3) is 0.167. The second kappa shape index (κ2) is 7.67. The predicted octanol–water partition coefficient (Wildman–Crippen LogP) is 3.36. The Bertz CT molecular complexity index is 971. The molecule has 0 saturated heterocycles. The molecule has 0 fully saturated rings. The van der Waals surface area contributed by atoms with Crippen LogP contribution in [-0.2, 0) is 16.6 Å². The maximum Gasteiger partial charge on any atom is 0.240 e. The summed E-state index contributed by atoms with van der Waals surface area (Å²) in [5.74, 6) is -0.702. The van der Waals surface area contributed by atoms with E-state index in [1.165, 1.54) is 12.1 Å². The van der Waals surface area contributed by atoms with Crippen LogP contribution in [0.25, 0.3) is 11.3 Å². The van der Waals surface area contributed by atoms with Crippen molar-refractivity contribution in [3.05, 3.63) is 66.5 Å². The van der Waals surface area contributed by atoms with Crippen LogP contribution in [0.5, 0.6) is 5.75 Å². The molecule has 0 atom stereocenters. The number of furan rings is 1. The molecular formula is C18H17FN2O4S. The van der Waals surface area contributed by atoms with E-state index < -0.39 is 15.8 Å². The van der Waals surface area contributed by atoms with Gasteiger partial charge in [-0.15, -0.1) is 0 Å². The second-order valence-electron chi connectivity index (χ2n) is 5.41. The highest BCUT2D eigenvalue weighted by molar-refractivity contribution is 7.89. The average Bonchev–Trinajstić information content (AvgIpc) is 3.17. The van der Waals surface area contributed by atoms with E-state index >= 15 is 0 Å². The van der Waals surface area contributed by atoms with Gasteiger partial charge in [0, 0.05) is 18.3 Å². The topological polar surface area (TPSA) is 81.4 Å². The lowest BCUT2D eigenvalue weighted by Gasteiger charge is -2.09. The van der Waals surface area contributed by atoms with Gasteiger partial charge in [0.05, 0.1) is 29.7 Å². The number of pyridine rings is 1. The zero-order chi connectivity index (χ0) is 18.6. The molecule has 1 N–H and O–H groups in total. The average molecular weight is 376 g/mol. The third kappa shape index (κ3) is 4.09. The van der Waals surface area contributed by atoms with Gasteiger partial charge in [-0.2, -0.15) is 0 Å². The van der Waals surface area contributed by atoms with Crippen molar-refractivity contribution in [2.45, 2.75) is 18.4 Å². The molecular weight excluding hydrogens is 359 g/mol. The predicted molar refractivity (Wildman–Crippen MR) is 93.5 cm³/mol. The summed E-state index contributed by atoms with van der Waals surface area (Å²) >= 11 is 0. The Morgan fingerprint density at radius 3 is 2.69 bits per heavy atom. The number of benzene rings is 1. The Morgan fingerprint density at radius 2 is 2.08 bits per heavy atom. The van der Waals surface area contributed by atoms with E-state index in [1.54, 1.807) is 43.8 Å². The minimum absolute atomic E-state index is 0.0190. The molecule has 26 heavy (non-hydrogen) atoms. The van der Waals surface area contributed by atoms with Gasteiger partial charge in [-0.1, -0.05) is 6.07 Å². The molecule has 0 aliphatic rings. The normalized spacial score (nSPS) is 11.5. The minimum atomic E-state index is -3.85. The molecule has 136 valence electrons. The molecule has 1 aromatic carbocycles. The summed E-state index contributed by atoms with van der Waals surface area (Å²) in [5, 5.41) is 0. The smallest absolute Gasteiger partial charge is 0.240 e. The molecule has 0 amide bonds. The summed E-state index contributed by atoms with van der Waals surface area (Å²) in [5.41, 5.74) is 2.23. The molecule has 0 bridgehead atoms. The second-order valence-corrected chi connectivity index (χ2v) is 7.18. The number of sulfonamides is 1. The minimum Gasteiger partial charge on any atom is -0.491 e. The number of hydrogen-bond acceptors (Lipinski definition) is 5. The summed E-state index contributed by atoms with van der Waals surface area (Å²) in [6.45, 7) is 2.05. The Hall–Kier alpha value is -2.71. The molecule has 0 spiro atoms. The fourth-order valence-electron chi connectivity index (χ4n) is 2.29. The highest BCUT2D eigenvalue weighted by Gasteiger charge is 2.16. The van der Waals surface area contributed by atoms with E-state index in [0.717, 1.165) is 17.3 Å². The maximum absolute atomic E-state index is 13.9. The largest absolute Gasteiger partial charge is 0.491 e. The van der Waals surface area contributed by atoms with Gasteiger partial charge < -0.3 is 9.15 Å². The maximum atomic E-state index is 13.9. The number of hydrogen-bond donors (Lipinski definition) is 1. The van der Waals surface area contributed by atoms with Crippen LogP contribution >= 0.6 is 0 Å². The van der Waals surface area contributed by atoms with Crippen LogP contribution in [-0.4, -0.2) is 20.0 Å². The molecule has 3 rings (SSSR count). The highest BCUT2D eigenvalue weighted by atomic mass is 32.2. The number of ether oxygens (including phenoxy) is 1. The van der Waals surface area contributed by atoms with Crippen molar-refractivity contribution in [1.29, 1.82) is 0 Å². The van der Waals surface area contributed by atoms with Gasteiger partial charge in [-0.05, 0) is 42.8 Å². The number of nitrogens with zero attached hydrogens (tertiary/aromatic N) is 1. The number of rotatable bonds is 7. The van der Waals surface area contributed by atoms with Crippen molar-refractivity contribution >= 4 is 10.0 Å². The Labute approximate surface area is 150 Å². The first kappa shape index (κ1) is 18.1. The van der Waals surface area contributed by atoms with E-state index in [-0.39, 0.29) is 17.2 Å². The molecule has 2 heterocycles. The molecule has 0 radical (unpaired) electrons. The van der Waals surface area contributed by atoms with Gasteiger partial charge >= 0.3 is 0 Å². The Morgan fingerprint density at radius 1 is 1.23 bits per heavy atom. The molecule has 3 aromatic rings. The van der Waals surface area contributed by atoms with Crippen molar-refractivity contribution in [1.82, 2.24) is 9.71 Å². The molecule has 6 nitrogen and oxygen atoms in total. The molecule has 0 aliphatic carbocycles. The van der Waals surface area contributed by atoms with Crippen molar-refractivity contribution in [2.24, 2.45) is 0 Å². The SMILES string of the molecule is CCOc1ccc(S(=O)(=O)NCc2ccc(-c3ccoc3)nc2)cc1F. The number of aromatic nitrogens is 1. The summed E-state index contributed by atoms with van der Waals surface area (Å²) in [6.07, 6.45) is 4.70. The van der Waals surface area contributed by atoms with Gasteiger partial charge in [-0.3, -0.25) is 4.98 Å². The van der Waals surface area contributed by atoms with Crippen LogP contribution in [0.3, 0.4) is 0 Å². The first-order valence-corrected chi connectivity index (χ1v) is 9.37. The van der Waals surface area contributed by atoms with E-state index in [9.17, 15) is 12.8 Å². The lowest BCUT2D eigenvalue weighted by Crippen LogP contribution is -2.23. The third-order valence-electron chi connectivity index (χ3n) is 3.62. The van der Waals surface area contributed by atoms with E-state index in [2.05, 4.69) is 9.71 Å². The van der Waals surface area contributed by atoms with Crippen LogP contribution in [0.2, 0.25) is 0 Å². The first-order valence-electron chi connectivity index (χ1n) is 7.89. The van der Waals surface area contributed by atoms with Crippen molar-refractivity contribution in [2.75, 3.05) is 6.61 Å². The van der Waals surface area contributed by atoms with Gasteiger partial charge in [-0.25, -0.2) is 17.5 Å². The zero-order valence-electron chi connectivity index (χ0n) is 14.0. The lowest BCUT2D eigenvalue weighted by molar-refractivity contribution is 0.321. The van der Waals surface area contributed by atoms with Crippen molar-refractivity contribution in [3.63, 3.8) is 0 Å². The van der Waals surface area contributed by atoms with Gasteiger partial charge in [0.1, 0.15) is 0 Å².